The van der Waals surface area contributed by atoms with E-state index in [1.807, 2.05) is 39.8 Å². The summed E-state index contributed by atoms with van der Waals surface area (Å²) in [5.41, 5.74) is 1.69. The van der Waals surface area contributed by atoms with E-state index in [1.165, 1.54) is 0 Å². The molecule has 0 aliphatic carbocycles. The van der Waals surface area contributed by atoms with E-state index >= 15 is 0 Å². The van der Waals surface area contributed by atoms with E-state index in [0.29, 0.717) is 12.3 Å². The molecular weight excluding hydrogens is 256 g/mol. The van der Waals surface area contributed by atoms with Crippen molar-refractivity contribution in [2.75, 3.05) is 18.5 Å². The molecule has 1 rings (SSSR count). The lowest BCUT2D eigenvalue weighted by Crippen LogP contribution is -2.40. The molecule has 5 heteroatoms. The maximum Gasteiger partial charge on any atom is 0.319 e. The zero-order valence-electron chi connectivity index (χ0n) is 12.6. The summed E-state index contributed by atoms with van der Waals surface area (Å²) in [5, 5.41) is 14.6. The summed E-state index contributed by atoms with van der Waals surface area (Å²) in [4.78, 5) is 11.8. The molecule has 112 valence electrons. The van der Waals surface area contributed by atoms with Gasteiger partial charge in [0.25, 0.3) is 0 Å². The second-order valence-corrected chi connectivity index (χ2v) is 4.96. The summed E-state index contributed by atoms with van der Waals surface area (Å²) in [7, 11) is 0. The van der Waals surface area contributed by atoms with Crippen molar-refractivity contribution in [3.63, 3.8) is 0 Å². The van der Waals surface area contributed by atoms with Crippen LogP contribution in [0, 0.1) is 12.8 Å². The smallest absolute Gasteiger partial charge is 0.319 e. The number of hydrogen-bond donors (Lipinski definition) is 3. The number of anilines is 1. The first-order chi connectivity index (χ1) is 9.47. The second-order valence-electron chi connectivity index (χ2n) is 4.96. The van der Waals surface area contributed by atoms with E-state index in [4.69, 9.17) is 9.84 Å². The number of carbonyl (C=O) groups is 1. The van der Waals surface area contributed by atoms with Crippen molar-refractivity contribution in [3.8, 4) is 5.75 Å². The van der Waals surface area contributed by atoms with Crippen LogP contribution < -0.4 is 15.4 Å². The highest BCUT2D eigenvalue weighted by Gasteiger charge is 2.14. The van der Waals surface area contributed by atoms with Gasteiger partial charge >= 0.3 is 6.03 Å². The van der Waals surface area contributed by atoms with E-state index in [1.54, 1.807) is 6.07 Å². The Labute approximate surface area is 120 Å². The number of benzene rings is 1. The van der Waals surface area contributed by atoms with Crippen LogP contribution in [0.1, 0.15) is 26.3 Å². The van der Waals surface area contributed by atoms with E-state index in [0.717, 1.165) is 11.3 Å². The van der Waals surface area contributed by atoms with Crippen LogP contribution >= 0.6 is 0 Å². The molecular formula is C15H24N2O3. The van der Waals surface area contributed by atoms with E-state index in [-0.39, 0.29) is 24.6 Å². The van der Waals surface area contributed by atoms with Crippen molar-refractivity contribution >= 4 is 11.7 Å². The highest BCUT2D eigenvalue weighted by molar-refractivity contribution is 5.89. The summed E-state index contributed by atoms with van der Waals surface area (Å²) in [6.45, 7) is 8.28. The lowest BCUT2D eigenvalue weighted by atomic mass is 10.1. The largest absolute Gasteiger partial charge is 0.494 e. The molecule has 2 atom stereocenters. The number of amides is 2. The van der Waals surface area contributed by atoms with Crippen LogP contribution in [0.2, 0.25) is 0 Å². The Morgan fingerprint density at radius 1 is 1.40 bits per heavy atom. The first-order valence-electron chi connectivity index (χ1n) is 6.89. The van der Waals surface area contributed by atoms with Gasteiger partial charge < -0.3 is 20.5 Å². The molecule has 0 aliphatic heterocycles. The Bertz CT molecular complexity index is 449. The number of urea groups is 1. The molecule has 0 saturated carbocycles. The maximum absolute atomic E-state index is 11.8. The average molecular weight is 280 g/mol. The van der Waals surface area contributed by atoms with Gasteiger partial charge in [-0.1, -0.05) is 6.92 Å². The number of ether oxygens (including phenoxy) is 1. The molecule has 5 nitrogen and oxygen atoms in total. The number of hydrogen-bond acceptors (Lipinski definition) is 3. The fourth-order valence-corrected chi connectivity index (χ4v) is 1.72. The summed E-state index contributed by atoms with van der Waals surface area (Å²) in [6.07, 6.45) is 0. The van der Waals surface area contributed by atoms with Gasteiger partial charge in [-0.15, -0.1) is 0 Å². The van der Waals surface area contributed by atoms with Crippen molar-refractivity contribution in [2.24, 2.45) is 5.92 Å². The number of aliphatic hydroxyl groups is 1. The monoisotopic (exact) mass is 280 g/mol. The zero-order valence-corrected chi connectivity index (χ0v) is 12.6. The van der Waals surface area contributed by atoms with Crippen LogP contribution in [-0.4, -0.2) is 30.4 Å². The average Bonchev–Trinajstić information content (AvgIpc) is 2.40. The van der Waals surface area contributed by atoms with Crippen LogP contribution in [0.3, 0.4) is 0 Å². The van der Waals surface area contributed by atoms with Gasteiger partial charge in [-0.2, -0.15) is 0 Å². The first-order valence-corrected chi connectivity index (χ1v) is 6.89. The molecule has 0 aromatic heterocycles. The van der Waals surface area contributed by atoms with Crippen LogP contribution in [0.5, 0.6) is 5.75 Å². The zero-order chi connectivity index (χ0) is 15.1. The Morgan fingerprint density at radius 3 is 2.65 bits per heavy atom. The molecule has 0 saturated heterocycles. The molecule has 0 heterocycles. The minimum Gasteiger partial charge on any atom is -0.494 e. The molecule has 0 fully saturated rings. The Kier molecular flexibility index (Phi) is 6.31. The van der Waals surface area contributed by atoms with Crippen molar-refractivity contribution in [2.45, 2.75) is 33.7 Å². The third-order valence-corrected chi connectivity index (χ3v) is 3.23. The number of rotatable bonds is 6. The highest BCUT2D eigenvalue weighted by Crippen LogP contribution is 2.21. The van der Waals surface area contributed by atoms with E-state index < -0.39 is 0 Å². The van der Waals surface area contributed by atoms with E-state index in [9.17, 15) is 4.79 Å². The fraction of sp³-hybridized carbons (Fsp3) is 0.533. The van der Waals surface area contributed by atoms with Gasteiger partial charge in [0.05, 0.1) is 6.61 Å². The van der Waals surface area contributed by atoms with Gasteiger partial charge in [-0.05, 0) is 50.5 Å². The minimum absolute atomic E-state index is 0.0165. The normalized spacial score (nSPS) is 13.4. The summed E-state index contributed by atoms with van der Waals surface area (Å²) in [6, 6.07) is 5.14. The Balaban J connectivity index is 2.60. The van der Waals surface area contributed by atoms with Crippen molar-refractivity contribution < 1.29 is 14.6 Å². The molecule has 0 aliphatic rings. The highest BCUT2D eigenvalue weighted by atomic mass is 16.5. The molecule has 20 heavy (non-hydrogen) atoms. The molecule has 1 aromatic rings. The molecule has 1 aromatic carbocycles. The third-order valence-electron chi connectivity index (χ3n) is 3.23. The van der Waals surface area contributed by atoms with Gasteiger partial charge in [-0.25, -0.2) is 4.79 Å². The molecule has 0 radical (unpaired) electrons. The van der Waals surface area contributed by atoms with Crippen molar-refractivity contribution in [1.82, 2.24) is 5.32 Å². The van der Waals surface area contributed by atoms with Gasteiger partial charge in [0.2, 0.25) is 0 Å². The lowest BCUT2D eigenvalue weighted by molar-refractivity contribution is 0.204. The molecule has 0 spiro atoms. The minimum atomic E-state index is -0.277. The predicted octanol–water partition coefficient (Wildman–Crippen LogP) is 2.53. The number of carbonyl (C=O) groups excluding carboxylic acids is 1. The molecule has 0 unspecified atom stereocenters. The first kappa shape index (κ1) is 16.3. The Hall–Kier alpha value is -1.75. The molecule has 3 N–H and O–H groups in total. The van der Waals surface area contributed by atoms with E-state index in [2.05, 4.69) is 10.6 Å². The summed E-state index contributed by atoms with van der Waals surface area (Å²) in [5.74, 6) is 0.837. The van der Waals surface area contributed by atoms with Gasteiger partial charge in [0.15, 0.2) is 0 Å². The topological polar surface area (TPSA) is 70.6 Å². The van der Waals surface area contributed by atoms with Crippen LogP contribution in [0.4, 0.5) is 10.5 Å². The fourth-order valence-electron chi connectivity index (χ4n) is 1.72. The van der Waals surface area contributed by atoms with Crippen molar-refractivity contribution in [3.05, 3.63) is 23.8 Å². The predicted molar refractivity (Wildman–Crippen MR) is 80.2 cm³/mol. The number of nitrogens with one attached hydrogen (secondary N) is 2. The number of aryl methyl sites for hydroxylation is 1. The second kappa shape index (κ2) is 7.75. The quantitative estimate of drug-likeness (QED) is 0.750. The molecule has 0 bridgehead atoms. The SMILES string of the molecule is CCOc1ccc(NC(=O)N[C@H](C)[C@H](C)CO)cc1C. The van der Waals surface area contributed by atoms with Crippen LogP contribution in [0.25, 0.3) is 0 Å². The van der Waals surface area contributed by atoms with Gasteiger partial charge in [-0.3, -0.25) is 0 Å². The summed E-state index contributed by atoms with van der Waals surface area (Å²) < 4.78 is 5.45. The third kappa shape index (κ3) is 4.74. The Morgan fingerprint density at radius 2 is 2.10 bits per heavy atom. The van der Waals surface area contributed by atoms with Crippen LogP contribution in [0.15, 0.2) is 18.2 Å². The van der Waals surface area contributed by atoms with Crippen molar-refractivity contribution in [1.29, 1.82) is 0 Å². The van der Waals surface area contributed by atoms with Gasteiger partial charge in [0, 0.05) is 18.3 Å². The molecule has 2 amide bonds. The van der Waals surface area contributed by atoms with Gasteiger partial charge in [0.1, 0.15) is 5.75 Å². The number of aliphatic hydroxyl groups excluding tert-OH is 1. The summed E-state index contributed by atoms with van der Waals surface area (Å²) >= 11 is 0. The lowest BCUT2D eigenvalue weighted by Gasteiger charge is -2.19. The van der Waals surface area contributed by atoms with Crippen LogP contribution in [-0.2, 0) is 0 Å². The standard InChI is InChI=1S/C15H24N2O3/c1-5-20-14-7-6-13(8-10(14)2)17-15(19)16-12(4)11(3)9-18/h6-8,11-12,18H,5,9H2,1-4H3,(H2,16,17,19)/t11-,12-/m1/s1. The maximum atomic E-state index is 11.8.